The molecule has 1 N–H and O–H groups in total. The normalized spacial score (nSPS) is 16.4. The van der Waals surface area contributed by atoms with Crippen molar-refractivity contribution in [2.45, 2.75) is 25.7 Å². The van der Waals surface area contributed by atoms with Crippen molar-refractivity contribution in [1.29, 1.82) is 0 Å². The Morgan fingerprint density at radius 2 is 1.25 bits per heavy atom. The van der Waals surface area contributed by atoms with Crippen LogP contribution in [0.1, 0.15) is 25.7 Å². The molecule has 2 atom stereocenters. The van der Waals surface area contributed by atoms with E-state index in [0.29, 0.717) is 0 Å². The molecule has 1 saturated heterocycles. The summed E-state index contributed by atoms with van der Waals surface area (Å²) in [5, 5.41) is 3.35. The van der Waals surface area contributed by atoms with Crippen LogP contribution in [0.25, 0.3) is 0 Å². The molecule has 0 aromatic rings. The maximum Gasteiger partial charge on any atom is 1.00 e. The third-order valence-corrected chi connectivity index (χ3v) is 2.66. The Morgan fingerprint density at radius 1 is 0.875 bits per heavy atom. The fourth-order valence-electron chi connectivity index (χ4n) is 1.03. The Bertz CT molecular complexity index is 166. The fraction of sp³-hybridized carbons (Fsp3) is 1.00. The predicted octanol–water partition coefficient (Wildman–Crippen LogP) is -5.80. The summed E-state index contributed by atoms with van der Waals surface area (Å²) in [6.07, 6.45) is 5.65. The zero-order valence-corrected chi connectivity index (χ0v) is 15.5. The second kappa shape index (κ2) is 17.0. The van der Waals surface area contributed by atoms with Gasteiger partial charge in [-0.15, -0.1) is 0 Å². The number of hydrogen-bond acceptors (Lipinski definition) is 6. The SMILES string of the molecule is C1CCCNCC1.O=[P+]([O-])O[P+](=O)[O-].[Na+].[Na+]. The van der Waals surface area contributed by atoms with Gasteiger partial charge in [0.05, 0.1) is 0 Å². The summed E-state index contributed by atoms with van der Waals surface area (Å²) in [6.45, 7) is 2.50. The van der Waals surface area contributed by atoms with Gasteiger partial charge in [-0.1, -0.05) is 12.8 Å². The summed E-state index contributed by atoms with van der Waals surface area (Å²) < 4.78 is 21.6. The van der Waals surface area contributed by atoms with Crippen molar-refractivity contribution in [1.82, 2.24) is 5.32 Å². The van der Waals surface area contributed by atoms with Crippen molar-refractivity contribution < 1.29 is 82.3 Å². The molecule has 0 aromatic heterocycles. The van der Waals surface area contributed by atoms with Gasteiger partial charge >= 0.3 is 75.6 Å². The summed E-state index contributed by atoms with van der Waals surface area (Å²) in [4.78, 5) is 18.5. The first-order chi connectivity index (χ1) is 6.63. The Hall–Kier alpha value is 2.04. The molecule has 0 aromatic carbocycles. The molecule has 0 aliphatic carbocycles. The molecule has 1 aliphatic rings. The maximum atomic E-state index is 9.24. The van der Waals surface area contributed by atoms with Gasteiger partial charge in [0.15, 0.2) is 0 Å². The van der Waals surface area contributed by atoms with E-state index in [2.05, 4.69) is 9.63 Å². The molecule has 1 rings (SSSR count). The maximum absolute atomic E-state index is 9.24. The van der Waals surface area contributed by atoms with Crippen LogP contribution in [0.3, 0.4) is 0 Å². The number of nitrogens with one attached hydrogen (secondary N) is 1. The van der Waals surface area contributed by atoms with Crippen LogP contribution in [0.2, 0.25) is 0 Å². The monoisotopic (exact) mass is 287 g/mol. The van der Waals surface area contributed by atoms with Crippen molar-refractivity contribution >= 4 is 16.5 Å². The molecular formula is C6H13NNa2O5P2+2. The van der Waals surface area contributed by atoms with Crippen LogP contribution in [0.5, 0.6) is 0 Å². The van der Waals surface area contributed by atoms with E-state index < -0.39 is 16.5 Å². The molecule has 82 valence electrons. The van der Waals surface area contributed by atoms with Crippen LogP contribution in [-0.2, 0) is 13.4 Å². The summed E-state index contributed by atoms with van der Waals surface area (Å²) in [7, 11) is -6.47. The van der Waals surface area contributed by atoms with Crippen molar-refractivity contribution in [2.24, 2.45) is 0 Å². The van der Waals surface area contributed by atoms with Crippen LogP contribution in [0.4, 0.5) is 0 Å². The van der Waals surface area contributed by atoms with E-state index >= 15 is 0 Å². The molecule has 0 saturated carbocycles. The van der Waals surface area contributed by atoms with E-state index in [1.165, 1.54) is 38.8 Å². The van der Waals surface area contributed by atoms with E-state index in [0.717, 1.165) is 0 Å². The van der Waals surface area contributed by atoms with Crippen molar-refractivity contribution in [3.63, 3.8) is 0 Å². The van der Waals surface area contributed by atoms with Crippen LogP contribution < -0.4 is 74.2 Å². The molecule has 0 amide bonds. The minimum absolute atomic E-state index is 0. The second-order valence-electron chi connectivity index (χ2n) is 2.69. The first kappa shape index (κ1) is 23.2. The van der Waals surface area contributed by atoms with Gasteiger partial charge in [-0.05, 0) is 35.1 Å². The van der Waals surface area contributed by atoms with Gasteiger partial charge in [0, 0.05) is 0 Å². The third kappa shape index (κ3) is 21.3. The molecule has 6 nitrogen and oxygen atoms in total. The molecule has 0 radical (unpaired) electrons. The molecule has 16 heavy (non-hydrogen) atoms. The van der Waals surface area contributed by atoms with Gasteiger partial charge in [-0.3, -0.25) is 0 Å². The van der Waals surface area contributed by atoms with Gasteiger partial charge in [0.25, 0.3) is 0 Å². The predicted molar refractivity (Wildman–Crippen MR) is 47.6 cm³/mol. The van der Waals surface area contributed by atoms with Gasteiger partial charge < -0.3 is 15.1 Å². The fourth-order valence-corrected chi connectivity index (χ4v) is 1.47. The van der Waals surface area contributed by atoms with Gasteiger partial charge in [-0.25, -0.2) is 0 Å². The second-order valence-corrected chi connectivity index (χ2v) is 4.24. The van der Waals surface area contributed by atoms with Gasteiger partial charge in [-0.2, -0.15) is 0 Å². The van der Waals surface area contributed by atoms with Crippen LogP contribution in [0, 0.1) is 0 Å². The minimum Gasteiger partial charge on any atom is -0.563 e. The van der Waals surface area contributed by atoms with E-state index in [-0.39, 0.29) is 59.1 Å². The minimum atomic E-state index is -3.24. The Labute approximate surface area is 141 Å². The summed E-state index contributed by atoms with van der Waals surface area (Å²) in [6, 6.07) is 0. The molecule has 1 heterocycles. The summed E-state index contributed by atoms with van der Waals surface area (Å²) >= 11 is 0. The largest absolute Gasteiger partial charge is 1.00 e. The average molecular weight is 287 g/mol. The number of rotatable bonds is 2. The van der Waals surface area contributed by atoms with Crippen molar-refractivity contribution in [3.05, 3.63) is 0 Å². The first-order valence-electron chi connectivity index (χ1n) is 4.30. The Morgan fingerprint density at radius 3 is 1.50 bits per heavy atom. The van der Waals surface area contributed by atoms with Crippen molar-refractivity contribution in [2.75, 3.05) is 13.1 Å². The average Bonchev–Trinajstić information content (AvgIpc) is 2.32. The zero-order valence-electron chi connectivity index (χ0n) is 9.68. The molecule has 1 fully saturated rings. The number of hydrogen-bond donors (Lipinski definition) is 1. The molecular weight excluding hydrogens is 274 g/mol. The molecule has 2 unspecified atom stereocenters. The Kier molecular flexibility index (Phi) is 24.7. The first-order valence-corrected chi connectivity index (χ1v) is 6.49. The van der Waals surface area contributed by atoms with E-state index in [1.807, 2.05) is 0 Å². The standard InChI is InChI=1S/C6H13N.2Na.O5P2/c1-2-4-6-7-5-3-1;;;1-6(2)5-7(3)4/h7H,1-6H2;;;/q;2*+1;. The molecule has 1 aliphatic heterocycles. The van der Waals surface area contributed by atoms with Crippen LogP contribution in [0.15, 0.2) is 0 Å². The third-order valence-electron chi connectivity index (χ3n) is 1.59. The molecule has 0 spiro atoms. The van der Waals surface area contributed by atoms with Crippen molar-refractivity contribution in [3.8, 4) is 0 Å². The summed E-state index contributed by atoms with van der Waals surface area (Å²) in [5.41, 5.74) is 0. The van der Waals surface area contributed by atoms with E-state index in [4.69, 9.17) is 0 Å². The zero-order chi connectivity index (χ0) is 10.8. The van der Waals surface area contributed by atoms with Gasteiger partial charge in [0.2, 0.25) is 0 Å². The topological polar surface area (TPSA) is 102 Å². The smallest absolute Gasteiger partial charge is 0.563 e. The summed E-state index contributed by atoms with van der Waals surface area (Å²) in [5.74, 6) is 0. The Balaban J connectivity index is -0.000000188. The van der Waals surface area contributed by atoms with E-state index in [1.54, 1.807) is 0 Å². The van der Waals surface area contributed by atoms with Gasteiger partial charge in [0.1, 0.15) is 4.31 Å². The van der Waals surface area contributed by atoms with Crippen LogP contribution in [-0.4, -0.2) is 13.1 Å². The van der Waals surface area contributed by atoms with Crippen LogP contribution >= 0.6 is 16.5 Å². The molecule has 0 bridgehead atoms. The quantitative estimate of drug-likeness (QED) is 0.401. The van der Waals surface area contributed by atoms with E-state index in [9.17, 15) is 18.9 Å². The molecule has 10 heteroatoms.